The number of unbranched alkanes of at least 4 members (excludes halogenated alkanes) is 1. The molecule has 0 atom stereocenters. The average Bonchev–Trinajstić information content (AvgIpc) is 2.64. The van der Waals surface area contributed by atoms with E-state index >= 15 is 0 Å². The zero-order chi connectivity index (χ0) is 9.52. The number of ether oxygens (including phenoxy) is 1. The van der Waals surface area contributed by atoms with Gasteiger partial charge in [0.2, 0.25) is 0 Å². The lowest BCUT2D eigenvalue weighted by atomic mass is 10.3. The third kappa shape index (κ3) is 4.27. The number of hydrogen-bond acceptors (Lipinski definition) is 3. The van der Waals surface area contributed by atoms with Crippen LogP contribution in [0.15, 0.2) is 0 Å². The van der Waals surface area contributed by atoms with Crippen molar-refractivity contribution in [3.63, 3.8) is 0 Å². The van der Waals surface area contributed by atoms with Gasteiger partial charge in [0.15, 0.2) is 0 Å². The lowest BCUT2D eigenvalue weighted by Gasteiger charge is -2.14. The number of carbonyl (C=O) groups excluding carboxylic acids is 1. The quantitative estimate of drug-likeness (QED) is 0.611. The molecule has 76 valence electrons. The number of esters is 1. The third-order valence-corrected chi connectivity index (χ3v) is 2.34. The monoisotopic (exact) mass is 185 g/mol. The first-order chi connectivity index (χ1) is 6.33. The Morgan fingerprint density at radius 2 is 2.08 bits per heavy atom. The lowest BCUT2D eigenvalue weighted by molar-refractivity contribution is -0.148. The van der Waals surface area contributed by atoms with Gasteiger partial charge in [-0.05, 0) is 19.3 Å². The van der Waals surface area contributed by atoms with Gasteiger partial charge in [-0.2, -0.15) is 0 Å². The first-order valence-electron chi connectivity index (χ1n) is 5.21. The van der Waals surface area contributed by atoms with Crippen LogP contribution in [0.25, 0.3) is 0 Å². The van der Waals surface area contributed by atoms with Crippen molar-refractivity contribution in [1.82, 2.24) is 4.90 Å². The molecule has 0 spiro atoms. The largest absolute Gasteiger partial charge is 0.449 e. The van der Waals surface area contributed by atoms with E-state index in [0.29, 0.717) is 13.2 Å². The number of rotatable bonds is 5. The summed E-state index contributed by atoms with van der Waals surface area (Å²) >= 11 is 0. The maximum Gasteiger partial charge on any atom is 0.307 e. The Hall–Kier alpha value is -0.570. The van der Waals surface area contributed by atoms with Crippen LogP contribution in [0.4, 0.5) is 0 Å². The topological polar surface area (TPSA) is 29.5 Å². The molecule has 0 N–H and O–H groups in total. The van der Waals surface area contributed by atoms with Crippen LogP contribution < -0.4 is 0 Å². The van der Waals surface area contributed by atoms with Crippen LogP contribution in [0, 0.1) is 0 Å². The Labute approximate surface area is 80.1 Å². The number of likely N-dealkylation sites (tertiary alicyclic amines) is 1. The summed E-state index contributed by atoms with van der Waals surface area (Å²) in [5.74, 6) is -0.0475. The Morgan fingerprint density at radius 3 is 2.69 bits per heavy atom. The first kappa shape index (κ1) is 10.5. The Bertz CT molecular complexity index is 153. The molecule has 3 heteroatoms. The van der Waals surface area contributed by atoms with Crippen LogP contribution in [-0.4, -0.2) is 30.7 Å². The minimum atomic E-state index is -0.0475. The summed E-state index contributed by atoms with van der Waals surface area (Å²) in [6, 6.07) is 0. The number of carbonyl (C=O) groups is 1. The number of hydrogen-bond donors (Lipinski definition) is 0. The highest BCUT2D eigenvalue weighted by Crippen LogP contribution is 2.07. The van der Waals surface area contributed by atoms with E-state index < -0.39 is 0 Å². The second-order valence-corrected chi connectivity index (χ2v) is 3.57. The summed E-state index contributed by atoms with van der Waals surface area (Å²) in [7, 11) is 0. The van der Waals surface area contributed by atoms with Gasteiger partial charge in [-0.15, -0.1) is 0 Å². The molecule has 0 unspecified atom stereocenters. The SMILES string of the molecule is CCCCC(=O)OCN1CCCC1. The van der Waals surface area contributed by atoms with Crippen molar-refractivity contribution in [1.29, 1.82) is 0 Å². The average molecular weight is 185 g/mol. The minimum Gasteiger partial charge on any atom is -0.449 e. The van der Waals surface area contributed by atoms with Crippen molar-refractivity contribution in [3.05, 3.63) is 0 Å². The molecule has 0 bridgehead atoms. The molecule has 1 heterocycles. The van der Waals surface area contributed by atoms with Gasteiger partial charge >= 0.3 is 5.97 Å². The fraction of sp³-hybridized carbons (Fsp3) is 0.900. The molecule has 3 nitrogen and oxygen atoms in total. The highest BCUT2D eigenvalue weighted by molar-refractivity contribution is 5.69. The van der Waals surface area contributed by atoms with E-state index in [9.17, 15) is 4.79 Å². The predicted molar refractivity (Wildman–Crippen MR) is 51.3 cm³/mol. The fourth-order valence-electron chi connectivity index (χ4n) is 1.47. The molecule has 1 rings (SSSR count). The van der Waals surface area contributed by atoms with Gasteiger partial charge in [-0.1, -0.05) is 13.3 Å². The molecule has 0 aromatic heterocycles. The highest BCUT2D eigenvalue weighted by Gasteiger charge is 2.12. The third-order valence-electron chi connectivity index (χ3n) is 2.34. The van der Waals surface area contributed by atoms with E-state index in [4.69, 9.17) is 4.74 Å². The number of nitrogens with zero attached hydrogens (tertiary/aromatic N) is 1. The van der Waals surface area contributed by atoms with Crippen molar-refractivity contribution < 1.29 is 9.53 Å². The zero-order valence-corrected chi connectivity index (χ0v) is 8.42. The molecule has 0 aromatic rings. The summed E-state index contributed by atoms with van der Waals surface area (Å²) in [5, 5.41) is 0. The molecule has 0 aliphatic carbocycles. The molecule has 1 aliphatic rings. The van der Waals surface area contributed by atoms with Gasteiger partial charge < -0.3 is 4.74 Å². The molecule has 13 heavy (non-hydrogen) atoms. The molecule has 0 saturated carbocycles. The summed E-state index contributed by atoms with van der Waals surface area (Å²) < 4.78 is 5.12. The first-order valence-corrected chi connectivity index (χ1v) is 5.21. The van der Waals surface area contributed by atoms with E-state index in [1.54, 1.807) is 0 Å². The summed E-state index contributed by atoms with van der Waals surface area (Å²) in [4.78, 5) is 13.3. The highest BCUT2D eigenvalue weighted by atomic mass is 16.5. The predicted octanol–water partition coefficient (Wildman–Crippen LogP) is 1.77. The van der Waals surface area contributed by atoms with Crippen LogP contribution in [0.3, 0.4) is 0 Å². The van der Waals surface area contributed by atoms with Crippen molar-refractivity contribution in [2.75, 3.05) is 19.8 Å². The second kappa shape index (κ2) is 5.97. The van der Waals surface area contributed by atoms with Crippen LogP contribution in [-0.2, 0) is 9.53 Å². The van der Waals surface area contributed by atoms with Gasteiger partial charge in [0.1, 0.15) is 6.73 Å². The van der Waals surface area contributed by atoms with Crippen molar-refractivity contribution in [3.8, 4) is 0 Å². The molecular weight excluding hydrogens is 166 g/mol. The van der Waals surface area contributed by atoms with Gasteiger partial charge in [0.25, 0.3) is 0 Å². The zero-order valence-electron chi connectivity index (χ0n) is 8.42. The standard InChI is InChI=1S/C10H19NO2/c1-2-3-6-10(12)13-9-11-7-4-5-8-11/h2-9H2,1H3. The Kier molecular flexibility index (Phi) is 4.83. The van der Waals surface area contributed by atoms with E-state index in [2.05, 4.69) is 11.8 Å². The maximum atomic E-state index is 11.1. The van der Waals surface area contributed by atoms with Crippen molar-refractivity contribution in [2.45, 2.75) is 39.0 Å². The van der Waals surface area contributed by atoms with Crippen molar-refractivity contribution in [2.24, 2.45) is 0 Å². The minimum absolute atomic E-state index is 0.0475. The Balaban J connectivity index is 2.00. The van der Waals surface area contributed by atoms with Crippen molar-refractivity contribution >= 4 is 5.97 Å². The lowest BCUT2D eigenvalue weighted by Crippen LogP contribution is -2.24. The molecule has 1 aliphatic heterocycles. The van der Waals surface area contributed by atoms with Crippen LogP contribution in [0.1, 0.15) is 39.0 Å². The summed E-state index contributed by atoms with van der Waals surface area (Å²) in [6.45, 7) is 4.75. The fourth-order valence-corrected chi connectivity index (χ4v) is 1.47. The molecular formula is C10H19NO2. The summed E-state index contributed by atoms with van der Waals surface area (Å²) in [5.41, 5.74) is 0. The van der Waals surface area contributed by atoms with Crippen LogP contribution in [0.2, 0.25) is 0 Å². The van der Waals surface area contributed by atoms with Gasteiger partial charge in [0.05, 0.1) is 0 Å². The van der Waals surface area contributed by atoms with E-state index in [1.807, 2.05) is 0 Å². The van der Waals surface area contributed by atoms with Gasteiger partial charge in [-0.3, -0.25) is 9.69 Å². The molecule has 0 radical (unpaired) electrons. The molecule has 0 amide bonds. The van der Waals surface area contributed by atoms with Crippen LogP contribution >= 0.6 is 0 Å². The summed E-state index contributed by atoms with van der Waals surface area (Å²) in [6.07, 6.45) is 5.06. The van der Waals surface area contributed by atoms with E-state index in [-0.39, 0.29) is 5.97 Å². The smallest absolute Gasteiger partial charge is 0.307 e. The Morgan fingerprint density at radius 1 is 1.38 bits per heavy atom. The molecule has 1 saturated heterocycles. The van der Waals surface area contributed by atoms with E-state index in [0.717, 1.165) is 25.9 Å². The maximum absolute atomic E-state index is 11.1. The molecule has 0 aromatic carbocycles. The van der Waals surface area contributed by atoms with Gasteiger partial charge in [0, 0.05) is 19.5 Å². The van der Waals surface area contributed by atoms with Gasteiger partial charge in [-0.25, -0.2) is 0 Å². The molecule has 1 fully saturated rings. The van der Waals surface area contributed by atoms with Crippen LogP contribution in [0.5, 0.6) is 0 Å². The normalized spacial score (nSPS) is 17.6. The second-order valence-electron chi connectivity index (χ2n) is 3.57. The van der Waals surface area contributed by atoms with E-state index in [1.165, 1.54) is 12.8 Å².